The van der Waals surface area contributed by atoms with Crippen molar-refractivity contribution in [2.75, 3.05) is 0 Å². The van der Waals surface area contributed by atoms with Crippen LogP contribution in [0.25, 0.3) is 11.0 Å². The van der Waals surface area contributed by atoms with E-state index < -0.39 is 11.6 Å². The maximum absolute atomic E-state index is 13.5. The van der Waals surface area contributed by atoms with Crippen molar-refractivity contribution in [2.24, 2.45) is 0 Å². The Kier molecular flexibility index (Phi) is 2.84. The molecule has 2 aromatic rings. The molecule has 2 nitrogen and oxygen atoms in total. The largest absolute Gasteiger partial charge is 0.327 e. The summed E-state index contributed by atoms with van der Waals surface area (Å²) >= 11 is 5.95. The summed E-state index contributed by atoms with van der Waals surface area (Å²) in [7, 11) is 0. The second-order valence-electron chi connectivity index (χ2n) is 3.59. The molecule has 0 saturated carbocycles. The fraction of sp³-hybridized carbons (Fsp3) is 0.364. The topological polar surface area (TPSA) is 17.8 Å². The zero-order valence-electron chi connectivity index (χ0n) is 8.97. The average molecular weight is 245 g/mol. The number of nitrogens with zero attached hydrogens (tertiary/aromatic N) is 2. The van der Waals surface area contributed by atoms with Crippen LogP contribution in [0.15, 0.2) is 12.1 Å². The summed E-state index contributed by atoms with van der Waals surface area (Å²) in [4.78, 5) is 4.11. The minimum Gasteiger partial charge on any atom is -0.327 e. The monoisotopic (exact) mass is 244 g/mol. The smallest absolute Gasteiger partial charge is 0.153 e. The summed E-state index contributed by atoms with van der Waals surface area (Å²) < 4.78 is 28.3. The first-order valence-electron chi connectivity index (χ1n) is 5.03. The third kappa shape index (κ3) is 1.67. The lowest BCUT2D eigenvalue weighted by molar-refractivity contribution is 0.590. The number of imidazole rings is 1. The number of alkyl halides is 1. The van der Waals surface area contributed by atoms with Gasteiger partial charge in [0.25, 0.3) is 0 Å². The van der Waals surface area contributed by atoms with Gasteiger partial charge >= 0.3 is 0 Å². The van der Waals surface area contributed by atoms with Gasteiger partial charge in [-0.1, -0.05) is 0 Å². The van der Waals surface area contributed by atoms with Gasteiger partial charge in [0.15, 0.2) is 5.82 Å². The van der Waals surface area contributed by atoms with Crippen LogP contribution in [-0.2, 0) is 6.54 Å². The lowest BCUT2D eigenvalue weighted by Gasteiger charge is -2.06. The van der Waals surface area contributed by atoms with E-state index in [9.17, 15) is 8.78 Å². The molecule has 0 fully saturated rings. The third-order valence-corrected chi connectivity index (χ3v) is 2.67. The van der Waals surface area contributed by atoms with E-state index in [0.29, 0.717) is 17.9 Å². The van der Waals surface area contributed by atoms with E-state index in [4.69, 9.17) is 11.6 Å². The number of halogens is 3. The predicted octanol–water partition coefficient (Wildman–Crippen LogP) is 3.63. The van der Waals surface area contributed by atoms with Crippen LogP contribution < -0.4 is 0 Å². The van der Waals surface area contributed by atoms with Crippen molar-refractivity contribution in [3.63, 3.8) is 0 Å². The standard InChI is InChI=1S/C11H11ClF2N2/c1-3-16-9-5-7(13)4-8(14)10(9)15-11(16)6(2)12/h4-6H,3H2,1-2H3. The number of fused-ring (bicyclic) bond motifs is 1. The van der Waals surface area contributed by atoms with Crippen molar-refractivity contribution in [1.29, 1.82) is 0 Å². The quantitative estimate of drug-likeness (QED) is 0.738. The Hall–Kier alpha value is -1.16. The number of aromatic nitrogens is 2. The lowest BCUT2D eigenvalue weighted by Crippen LogP contribution is -2.02. The molecule has 86 valence electrons. The number of hydrogen-bond donors (Lipinski definition) is 0. The first-order chi connectivity index (χ1) is 7.54. The second kappa shape index (κ2) is 4.01. The summed E-state index contributed by atoms with van der Waals surface area (Å²) in [6.07, 6.45) is 0. The fourth-order valence-electron chi connectivity index (χ4n) is 1.80. The second-order valence-corrected chi connectivity index (χ2v) is 4.24. The van der Waals surface area contributed by atoms with Gasteiger partial charge in [-0.25, -0.2) is 13.8 Å². The van der Waals surface area contributed by atoms with E-state index in [-0.39, 0.29) is 10.9 Å². The average Bonchev–Trinajstić information content (AvgIpc) is 2.56. The van der Waals surface area contributed by atoms with Gasteiger partial charge in [0.1, 0.15) is 17.2 Å². The van der Waals surface area contributed by atoms with Crippen molar-refractivity contribution in [1.82, 2.24) is 9.55 Å². The Balaban J connectivity index is 2.82. The number of rotatable bonds is 2. The summed E-state index contributed by atoms with van der Waals surface area (Å²) in [5.41, 5.74) is 0.619. The van der Waals surface area contributed by atoms with Gasteiger partial charge in [-0.15, -0.1) is 11.6 Å². The van der Waals surface area contributed by atoms with Crippen LogP contribution in [0.4, 0.5) is 8.78 Å². The molecule has 1 aromatic heterocycles. The molecule has 1 heterocycles. The Morgan fingerprint density at radius 3 is 2.69 bits per heavy atom. The molecule has 1 unspecified atom stereocenters. The molecule has 1 atom stereocenters. The zero-order valence-corrected chi connectivity index (χ0v) is 9.72. The van der Waals surface area contributed by atoms with Crippen LogP contribution in [0.2, 0.25) is 0 Å². The molecule has 5 heteroatoms. The molecule has 1 aromatic carbocycles. The lowest BCUT2D eigenvalue weighted by atomic mass is 10.3. The van der Waals surface area contributed by atoms with Crippen LogP contribution in [0.1, 0.15) is 25.0 Å². The molecule has 0 N–H and O–H groups in total. The minimum absolute atomic E-state index is 0.172. The fourth-order valence-corrected chi connectivity index (χ4v) is 1.97. The van der Waals surface area contributed by atoms with Gasteiger partial charge < -0.3 is 4.57 Å². The zero-order chi connectivity index (χ0) is 11.9. The van der Waals surface area contributed by atoms with Crippen LogP contribution in [0, 0.1) is 11.6 Å². The van der Waals surface area contributed by atoms with Crippen LogP contribution in [0.3, 0.4) is 0 Å². The van der Waals surface area contributed by atoms with Crippen LogP contribution in [-0.4, -0.2) is 9.55 Å². The molecule has 0 saturated heterocycles. The van der Waals surface area contributed by atoms with Crippen LogP contribution >= 0.6 is 11.6 Å². The van der Waals surface area contributed by atoms with Crippen molar-refractivity contribution in [2.45, 2.75) is 25.8 Å². The van der Waals surface area contributed by atoms with Crippen molar-refractivity contribution in [3.8, 4) is 0 Å². The summed E-state index contributed by atoms with van der Waals surface area (Å²) in [6, 6.07) is 2.11. The normalized spacial score (nSPS) is 13.3. The maximum Gasteiger partial charge on any atom is 0.153 e. The van der Waals surface area contributed by atoms with Gasteiger partial charge in [0.05, 0.1) is 10.9 Å². The SMILES string of the molecule is CCn1c(C(C)Cl)nc2c(F)cc(F)cc21. The van der Waals surface area contributed by atoms with Gasteiger partial charge in [-0.3, -0.25) is 0 Å². The predicted molar refractivity (Wildman–Crippen MR) is 59.6 cm³/mol. The third-order valence-electron chi connectivity index (χ3n) is 2.47. The number of benzene rings is 1. The highest BCUT2D eigenvalue weighted by molar-refractivity contribution is 6.20. The Bertz CT molecular complexity index is 534. The van der Waals surface area contributed by atoms with Crippen molar-refractivity contribution < 1.29 is 8.78 Å². The Morgan fingerprint density at radius 1 is 1.44 bits per heavy atom. The molecule has 16 heavy (non-hydrogen) atoms. The van der Waals surface area contributed by atoms with Gasteiger partial charge in [0.2, 0.25) is 0 Å². The van der Waals surface area contributed by atoms with E-state index >= 15 is 0 Å². The Morgan fingerprint density at radius 2 is 2.12 bits per heavy atom. The highest BCUT2D eigenvalue weighted by atomic mass is 35.5. The summed E-state index contributed by atoms with van der Waals surface area (Å²) in [5.74, 6) is -0.696. The summed E-state index contributed by atoms with van der Waals surface area (Å²) in [6.45, 7) is 4.21. The highest BCUT2D eigenvalue weighted by Gasteiger charge is 2.17. The van der Waals surface area contributed by atoms with E-state index in [2.05, 4.69) is 4.98 Å². The molecule has 0 aliphatic heterocycles. The molecular weight excluding hydrogens is 234 g/mol. The molecule has 0 amide bonds. The number of aryl methyl sites for hydroxylation is 1. The highest BCUT2D eigenvalue weighted by Crippen LogP contribution is 2.26. The molecule has 2 rings (SSSR count). The maximum atomic E-state index is 13.5. The first kappa shape index (κ1) is 11.3. The van der Waals surface area contributed by atoms with Crippen molar-refractivity contribution >= 4 is 22.6 Å². The molecule has 0 aliphatic carbocycles. The molecule has 0 radical (unpaired) electrons. The number of hydrogen-bond acceptors (Lipinski definition) is 1. The van der Waals surface area contributed by atoms with Gasteiger partial charge in [-0.2, -0.15) is 0 Å². The van der Waals surface area contributed by atoms with Gasteiger partial charge in [-0.05, 0) is 19.9 Å². The van der Waals surface area contributed by atoms with Gasteiger partial charge in [0, 0.05) is 12.6 Å². The van der Waals surface area contributed by atoms with Crippen LogP contribution in [0.5, 0.6) is 0 Å². The Labute approximate surface area is 96.8 Å². The molecular formula is C11H11ClF2N2. The molecule has 0 spiro atoms. The van der Waals surface area contributed by atoms with E-state index in [1.54, 1.807) is 11.5 Å². The minimum atomic E-state index is -0.652. The van der Waals surface area contributed by atoms with E-state index in [1.807, 2.05) is 6.92 Å². The molecule has 0 bridgehead atoms. The first-order valence-corrected chi connectivity index (χ1v) is 5.47. The van der Waals surface area contributed by atoms with E-state index in [0.717, 1.165) is 6.07 Å². The van der Waals surface area contributed by atoms with Crippen molar-refractivity contribution in [3.05, 3.63) is 29.6 Å². The molecule has 0 aliphatic rings. The summed E-state index contributed by atoms with van der Waals surface area (Å²) in [5, 5.41) is -0.338. The van der Waals surface area contributed by atoms with E-state index in [1.165, 1.54) is 6.07 Å².